The van der Waals surface area contributed by atoms with Crippen molar-refractivity contribution in [1.29, 1.82) is 0 Å². The van der Waals surface area contributed by atoms with Gasteiger partial charge in [0.2, 0.25) is 0 Å². The van der Waals surface area contributed by atoms with E-state index in [0.717, 1.165) is 49.1 Å². The van der Waals surface area contributed by atoms with Crippen LogP contribution < -0.4 is 5.32 Å². The van der Waals surface area contributed by atoms with Gasteiger partial charge in [-0.05, 0) is 62.1 Å². The van der Waals surface area contributed by atoms with Gasteiger partial charge in [-0.25, -0.2) is 4.79 Å². The fourth-order valence-corrected chi connectivity index (χ4v) is 5.32. The van der Waals surface area contributed by atoms with Crippen LogP contribution in [0.3, 0.4) is 0 Å². The van der Waals surface area contributed by atoms with Crippen molar-refractivity contribution in [3.05, 3.63) is 52.4 Å². The summed E-state index contributed by atoms with van der Waals surface area (Å²) >= 11 is 0. The Kier molecular flexibility index (Phi) is 5.96. The second-order valence-electron chi connectivity index (χ2n) is 10.0. The lowest BCUT2D eigenvalue weighted by atomic mass is 9.68. The van der Waals surface area contributed by atoms with Crippen LogP contribution in [0.15, 0.2) is 46.8 Å². The molecule has 0 amide bonds. The van der Waals surface area contributed by atoms with E-state index in [1.807, 2.05) is 13.0 Å². The molecule has 2 aliphatic carbocycles. The monoisotopic (exact) mass is 423 g/mol. The third kappa shape index (κ3) is 4.56. The first-order chi connectivity index (χ1) is 14.7. The number of aromatic hydroxyl groups is 1. The van der Waals surface area contributed by atoms with Gasteiger partial charge in [-0.1, -0.05) is 38.8 Å². The number of Topliss-reactive ketones (excluding diaryl/α,β-unsaturated/α-hetero) is 1. The molecule has 0 aromatic heterocycles. The number of rotatable bonds is 3. The summed E-state index contributed by atoms with van der Waals surface area (Å²) in [5.41, 5.74) is 3.36. The topological polar surface area (TPSA) is 75.6 Å². The first-order valence-electron chi connectivity index (χ1n) is 11.5. The van der Waals surface area contributed by atoms with Gasteiger partial charge in [0, 0.05) is 29.3 Å². The maximum atomic E-state index is 13.4. The Labute approximate surface area is 184 Å². The number of hydrogen-bond donors (Lipinski definition) is 2. The van der Waals surface area contributed by atoms with E-state index in [2.05, 4.69) is 19.2 Å². The van der Waals surface area contributed by atoms with Crippen molar-refractivity contribution in [3.63, 3.8) is 0 Å². The van der Waals surface area contributed by atoms with E-state index in [1.165, 1.54) is 12.8 Å². The Bertz CT molecular complexity index is 948. The smallest absolute Gasteiger partial charge is 0.337 e. The summed E-state index contributed by atoms with van der Waals surface area (Å²) in [6, 6.07) is 6.89. The minimum Gasteiger partial charge on any atom is -0.508 e. The number of benzene rings is 1. The van der Waals surface area contributed by atoms with Gasteiger partial charge in [-0.15, -0.1) is 0 Å². The number of esters is 1. The predicted octanol–water partition coefficient (Wildman–Crippen LogP) is 5.26. The molecule has 1 heterocycles. The molecule has 166 valence electrons. The first-order valence-corrected chi connectivity index (χ1v) is 11.5. The Morgan fingerprint density at radius 1 is 1.13 bits per heavy atom. The van der Waals surface area contributed by atoms with Gasteiger partial charge in [0.05, 0.1) is 5.57 Å². The second-order valence-corrected chi connectivity index (χ2v) is 10.0. The van der Waals surface area contributed by atoms with Crippen LogP contribution in [0.4, 0.5) is 0 Å². The van der Waals surface area contributed by atoms with Gasteiger partial charge < -0.3 is 15.2 Å². The standard InChI is InChI=1S/C26H33NO4/c1-16-22(25(30)31-19-11-6-4-5-7-12-19)23(17-9-8-10-18(28)13-17)24-20(27-16)14-26(2,3)15-21(24)29/h8-10,13,19,23,27-28H,4-7,11-12,14-15H2,1-3H3/t23-/m0/s1. The van der Waals surface area contributed by atoms with Crippen molar-refractivity contribution >= 4 is 11.8 Å². The van der Waals surface area contributed by atoms with Crippen LogP contribution in [-0.2, 0) is 14.3 Å². The van der Waals surface area contributed by atoms with Gasteiger partial charge in [0.25, 0.3) is 0 Å². The molecule has 0 bridgehead atoms. The molecule has 0 unspecified atom stereocenters. The summed E-state index contributed by atoms with van der Waals surface area (Å²) < 4.78 is 5.99. The fourth-order valence-electron chi connectivity index (χ4n) is 5.32. The summed E-state index contributed by atoms with van der Waals surface area (Å²) in [6.07, 6.45) is 7.41. The van der Waals surface area contributed by atoms with E-state index < -0.39 is 5.92 Å². The summed E-state index contributed by atoms with van der Waals surface area (Å²) in [6.45, 7) is 6.07. The van der Waals surface area contributed by atoms with Gasteiger partial charge in [0.1, 0.15) is 11.9 Å². The number of ketones is 1. The van der Waals surface area contributed by atoms with Crippen LogP contribution in [0.25, 0.3) is 0 Å². The molecule has 2 N–H and O–H groups in total. The van der Waals surface area contributed by atoms with Crippen molar-refractivity contribution < 1.29 is 19.4 Å². The largest absolute Gasteiger partial charge is 0.508 e. The molecule has 31 heavy (non-hydrogen) atoms. The maximum absolute atomic E-state index is 13.4. The molecule has 5 heteroatoms. The lowest BCUT2D eigenvalue weighted by Crippen LogP contribution is -2.39. The van der Waals surface area contributed by atoms with Gasteiger partial charge in [-0.2, -0.15) is 0 Å². The molecule has 1 fully saturated rings. The number of carbonyl (C=O) groups excluding carboxylic acids is 2. The van der Waals surface area contributed by atoms with Gasteiger partial charge in [0.15, 0.2) is 5.78 Å². The average Bonchev–Trinajstić information content (AvgIpc) is 2.94. The van der Waals surface area contributed by atoms with Crippen LogP contribution in [0.2, 0.25) is 0 Å². The number of allylic oxidation sites excluding steroid dienone is 3. The lowest BCUT2D eigenvalue weighted by molar-refractivity contribution is -0.145. The molecule has 1 aliphatic heterocycles. The molecular weight excluding hydrogens is 390 g/mol. The van der Waals surface area contributed by atoms with Crippen molar-refractivity contribution in [1.82, 2.24) is 5.32 Å². The zero-order valence-electron chi connectivity index (χ0n) is 18.8. The molecule has 3 aliphatic rings. The minimum absolute atomic E-state index is 0.0550. The average molecular weight is 424 g/mol. The zero-order chi connectivity index (χ0) is 22.2. The van der Waals surface area contributed by atoms with Crippen LogP contribution >= 0.6 is 0 Å². The maximum Gasteiger partial charge on any atom is 0.337 e. The van der Waals surface area contributed by atoms with Crippen molar-refractivity contribution in [2.45, 2.75) is 84.2 Å². The summed E-state index contributed by atoms with van der Waals surface area (Å²) in [4.78, 5) is 26.7. The van der Waals surface area contributed by atoms with E-state index >= 15 is 0 Å². The number of phenols is 1. The van der Waals surface area contributed by atoms with Gasteiger partial charge in [-0.3, -0.25) is 4.79 Å². The quantitative estimate of drug-likeness (QED) is 0.512. The predicted molar refractivity (Wildman–Crippen MR) is 119 cm³/mol. The van der Waals surface area contributed by atoms with Crippen molar-refractivity contribution in [2.24, 2.45) is 5.41 Å². The fraction of sp³-hybridized carbons (Fsp3) is 0.538. The second kappa shape index (κ2) is 8.52. The Hall–Kier alpha value is -2.56. The van der Waals surface area contributed by atoms with Crippen molar-refractivity contribution in [2.75, 3.05) is 0 Å². The van der Waals surface area contributed by atoms with E-state index in [1.54, 1.807) is 18.2 Å². The molecule has 5 nitrogen and oxygen atoms in total. The van der Waals surface area contributed by atoms with Crippen molar-refractivity contribution in [3.8, 4) is 5.75 Å². The minimum atomic E-state index is -0.523. The Balaban J connectivity index is 1.74. The first kappa shape index (κ1) is 21.7. The van der Waals surface area contributed by atoms with Crippen LogP contribution in [-0.4, -0.2) is 23.0 Å². The number of hydrogen-bond acceptors (Lipinski definition) is 5. The highest BCUT2D eigenvalue weighted by Crippen LogP contribution is 2.47. The SMILES string of the molecule is CC1=C(C(=O)OC2CCCCCC2)[C@H](c2cccc(O)c2)C2=C(CC(C)(C)CC2=O)N1. The molecule has 1 aromatic rings. The number of nitrogens with one attached hydrogen (secondary N) is 1. The highest BCUT2D eigenvalue weighted by atomic mass is 16.5. The third-order valence-corrected chi connectivity index (χ3v) is 6.74. The Morgan fingerprint density at radius 2 is 1.84 bits per heavy atom. The molecule has 0 radical (unpaired) electrons. The van der Waals surface area contributed by atoms with E-state index in [9.17, 15) is 14.7 Å². The molecule has 0 saturated heterocycles. The molecule has 1 aromatic carbocycles. The zero-order valence-corrected chi connectivity index (χ0v) is 18.8. The van der Waals surface area contributed by atoms with E-state index in [-0.39, 0.29) is 29.0 Å². The third-order valence-electron chi connectivity index (χ3n) is 6.74. The molecule has 1 atom stereocenters. The highest BCUT2D eigenvalue weighted by molar-refractivity contribution is 6.04. The van der Waals surface area contributed by atoms with Crippen LogP contribution in [0.5, 0.6) is 5.75 Å². The lowest BCUT2D eigenvalue weighted by Gasteiger charge is -2.39. The number of dihydropyridines is 1. The summed E-state index contributed by atoms with van der Waals surface area (Å²) in [5, 5.41) is 13.5. The number of phenolic OH excluding ortho intramolecular Hbond substituents is 1. The van der Waals surface area contributed by atoms with Crippen LogP contribution in [0.1, 0.15) is 83.6 Å². The summed E-state index contributed by atoms with van der Waals surface area (Å²) in [7, 11) is 0. The van der Waals surface area contributed by atoms with E-state index in [0.29, 0.717) is 17.6 Å². The molecule has 4 rings (SSSR count). The number of ether oxygens (including phenoxy) is 1. The Morgan fingerprint density at radius 3 is 2.52 bits per heavy atom. The highest BCUT2D eigenvalue weighted by Gasteiger charge is 2.43. The molecule has 1 saturated carbocycles. The van der Waals surface area contributed by atoms with Crippen LogP contribution in [0, 0.1) is 5.41 Å². The summed E-state index contributed by atoms with van der Waals surface area (Å²) in [5.74, 6) is -0.699. The van der Waals surface area contributed by atoms with Gasteiger partial charge >= 0.3 is 5.97 Å². The number of carbonyl (C=O) groups is 2. The molecular formula is C26H33NO4. The van der Waals surface area contributed by atoms with E-state index in [4.69, 9.17) is 4.74 Å². The normalized spacial score (nSPS) is 24.4. The molecule has 0 spiro atoms.